The second-order valence-corrected chi connectivity index (χ2v) is 7.98. The van der Waals surface area contributed by atoms with Crippen molar-refractivity contribution in [3.63, 3.8) is 0 Å². The molecule has 0 radical (unpaired) electrons. The van der Waals surface area contributed by atoms with Crippen LogP contribution in [0.3, 0.4) is 0 Å². The highest BCUT2D eigenvalue weighted by Gasteiger charge is 2.26. The van der Waals surface area contributed by atoms with Crippen LogP contribution in [0.1, 0.15) is 31.3 Å². The number of carbonyl (C=O) groups excluding carboxylic acids is 1. The van der Waals surface area contributed by atoms with Crippen molar-refractivity contribution >= 4 is 33.7 Å². The van der Waals surface area contributed by atoms with Crippen molar-refractivity contribution in [2.75, 3.05) is 0 Å². The Morgan fingerprint density at radius 1 is 1.06 bits per heavy atom. The summed E-state index contributed by atoms with van der Waals surface area (Å²) in [5.41, 5.74) is 2.32. The monoisotopic (exact) mass is 422 g/mol. The van der Waals surface area contributed by atoms with Gasteiger partial charge in [0.05, 0.1) is 10.4 Å². The summed E-state index contributed by atoms with van der Waals surface area (Å²) in [5, 5.41) is 11.9. The first-order valence-electron chi connectivity index (χ1n) is 9.39. The van der Waals surface area contributed by atoms with Gasteiger partial charge < -0.3 is 14.8 Å². The van der Waals surface area contributed by atoms with E-state index < -0.39 is 16.5 Å². The molecule has 9 heteroatoms. The number of benzene rings is 2. The third-order valence-electron chi connectivity index (χ3n) is 4.66. The van der Waals surface area contributed by atoms with Crippen molar-refractivity contribution in [2.45, 2.75) is 26.4 Å². The lowest BCUT2D eigenvalue weighted by Gasteiger charge is -2.20. The van der Waals surface area contributed by atoms with E-state index in [2.05, 4.69) is 4.98 Å². The number of ether oxygens (including phenoxy) is 1. The number of nitro groups is 1. The van der Waals surface area contributed by atoms with Gasteiger partial charge in [-0.05, 0) is 39.0 Å². The summed E-state index contributed by atoms with van der Waals surface area (Å²) in [5.74, 6) is -0.601. The predicted molar refractivity (Wildman–Crippen MR) is 117 cm³/mol. The first kappa shape index (κ1) is 21.8. The van der Waals surface area contributed by atoms with Gasteiger partial charge >= 0.3 is 5.97 Å². The fraction of sp³-hybridized carbons (Fsp3) is 0.227. The van der Waals surface area contributed by atoms with E-state index in [9.17, 15) is 14.9 Å². The van der Waals surface area contributed by atoms with E-state index in [1.807, 2.05) is 35.9 Å². The van der Waals surface area contributed by atoms with Gasteiger partial charge in [0.15, 0.2) is 11.3 Å². The molecule has 0 spiro atoms. The molecule has 0 bridgehead atoms. The van der Waals surface area contributed by atoms with Crippen LogP contribution in [0.4, 0.5) is 5.69 Å². The number of rotatable bonds is 3. The molecule has 4 rings (SSSR count). The van der Waals surface area contributed by atoms with E-state index in [1.54, 1.807) is 32.9 Å². The molecule has 0 fully saturated rings. The number of hydrogen-bond donors (Lipinski definition) is 0. The normalized spacial score (nSPS) is 11.4. The van der Waals surface area contributed by atoms with Gasteiger partial charge in [-0.1, -0.05) is 18.2 Å². The number of non-ortho nitro benzene ring substituents is 1. The van der Waals surface area contributed by atoms with Crippen LogP contribution in [-0.4, -0.2) is 36.5 Å². The summed E-state index contributed by atoms with van der Waals surface area (Å²) in [7, 11) is 1.86. The standard InChI is InChI=1S/C22H20N4O4.H2O/c1-22(2,3)30-21(27)19-17(13-9-11-14(12-10-13)26(28)29)23-18-15-7-5-6-8-16(15)25(4)20(18)24-19;/h5-12H,1-4H3;1H2. The van der Waals surface area contributed by atoms with E-state index in [0.717, 1.165) is 10.9 Å². The number of aromatic nitrogens is 3. The molecule has 2 N–H and O–H groups in total. The molecular weight excluding hydrogens is 400 g/mol. The zero-order valence-electron chi connectivity index (χ0n) is 17.5. The number of nitro benzene ring substituents is 1. The van der Waals surface area contributed by atoms with Gasteiger partial charge in [-0.15, -0.1) is 0 Å². The molecule has 31 heavy (non-hydrogen) atoms. The Morgan fingerprint density at radius 2 is 1.71 bits per heavy atom. The number of fused-ring (bicyclic) bond motifs is 3. The third kappa shape index (κ3) is 3.95. The van der Waals surface area contributed by atoms with Crippen LogP contribution >= 0.6 is 0 Å². The lowest BCUT2D eigenvalue weighted by molar-refractivity contribution is -0.384. The van der Waals surface area contributed by atoms with Crippen molar-refractivity contribution in [3.05, 3.63) is 64.3 Å². The highest BCUT2D eigenvalue weighted by atomic mass is 16.6. The average molecular weight is 422 g/mol. The number of nitrogens with zero attached hydrogens (tertiary/aromatic N) is 4. The van der Waals surface area contributed by atoms with E-state index in [4.69, 9.17) is 9.72 Å². The van der Waals surface area contributed by atoms with Crippen LogP contribution in [-0.2, 0) is 11.8 Å². The Kier molecular flexibility index (Phi) is 5.47. The van der Waals surface area contributed by atoms with Crippen LogP contribution < -0.4 is 0 Å². The van der Waals surface area contributed by atoms with Gasteiger partial charge in [0, 0.05) is 30.1 Å². The molecule has 0 amide bonds. The van der Waals surface area contributed by atoms with Crippen molar-refractivity contribution in [1.82, 2.24) is 14.5 Å². The minimum absolute atomic E-state index is 0. The maximum Gasteiger partial charge on any atom is 0.359 e. The van der Waals surface area contributed by atoms with Gasteiger partial charge in [0.1, 0.15) is 16.8 Å². The maximum absolute atomic E-state index is 13.0. The molecular formula is C22H22N4O5. The Bertz CT molecular complexity index is 1300. The van der Waals surface area contributed by atoms with Gasteiger partial charge in [-0.25, -0.2) is 14.8 Å². The summed E-state index contributed by atoms with van der Waals surface area (Å²) >= 11 is 0. The van der Waals surface area contributed by atoms with E-state index >= 15 is 0 Å². The topological polar surface area (TPSA) is 132 Å². The lowest BCUT2D eigenvalue weighted by Crippen LogP contribution is -2.25. The molecule has 0 aliphatic carbocycles. The summed E-state index contributed by atoms with van der Waals surface area (Å²) in [6.07, 6.45) is 0. The lowest BCUT2D eigenvalue weighted by atomic mass is 10.1. The molecule has 2 heterocycles. The minimum Gasteiger partial charge on any atom is -0.455 e. The highest BCUT2D eigenvalue weighted by molar-refractivity contribution is 6.07. The number of carbonyl (C=O) groups is 1. The molecule has 0 aliphatic rings. The first-order valence-corrected chi connectivity index (χ1v) is 9.39. The predicted octanol–water partition coefficient (Wildman–Crippen LogP) is 3.83. The molecule has 0 unspecified atom stereocenters. The molecule has 9 nitrogen and oxygen atoms in total. The molecule has 0 atom stereocenters. The second kappa shape index (κ2) is 7.77. The zero-order valence-corrected chi connectivity index (χ0v) is 17.5. The minimum atomic E-state index is -0.709. The highest BCUT2D eigenvalue weighted by Crippen LogP contribution is 2.31. The smallest absolute Gasteiger partial charge is 0.359 e. The quantitative estimate of drug-likeness (QED) is 0.280. The molecule has 4 aromatic rings. The summed E-state index contributed by atoms with van der Waals surface area (Å²) < 4.78 is 7.43. The van der Waals surface area contributed by atoms with E-state index in [-0.39, 0.29) is 16.9 Å². The number of para-hydroxylation sites is 1. The summed E-state index contributed by atoms with van der Waals surface area (Å²) in [6, 6.07) is 13.6. The van der Waals surface area contributed by atoms with Crippen LogP contribution in [0.2, 0.25) is 0 Å². The molecule has 0 saturated heterocycles. The van der Waals surface area contributed by atoms with Gasteiger partial charge in [0.2, 0.25) is 0 Å². The Labute approximate surface area is 177 Å². The maximum atomic E-state index is 13.0. The van der Waals surface area contributed by atoms with Crippen molar-refractivity contribution < 1.29 is 19.9 Å². The van der Waals surface area contributed by atoms with Crippen molar-refractivity contribution in [1.29, 1.82) is 0 Å². The molecule has 2 aromatic heterocycles. The Balaban J connectivity index is 0.00000272. The van der Waals surface area contributed by atoms with Crippen LogP contribution in [0.25, 0.3) is 33.3 Å². The average Bonchev–Trinajstić information content (AvgIpc) is 2.98. The number of hydrogen-bond acceptors (Lipinski definition) is 6. The number of esters is 1. The van der Waals surface area contributed by atoms with Crippen LogP contribution in [0, 0.1) is 10.1 Å². The summed E-state index contributed by atoms with van der Waals surface area (Å²) in [4.78, 5) is 32.9. The zero-order chi connectivity index (χ0) is 21.6. The van der Waals surface area contributed by atoms with Crippen molar-refractivity contribution in [3.8, 4) is 11.3 Å². The van der Waals surface area contributed by atoms with Gasteiger partial charge in [-0.2, -0.15) is 0 Å². The first-order chi connectivity index (χ1) is 14.2. The van der Waals surface area contributed by atoms with Crippen LogP contribution in [0.15, 0.2) is 48.5 Å². The van der Waals surface area contributed by atoms with E-state index in [0.29, 0.717) is 22.4 Å². The fourth-order valence-electron chi connectivity index (χ4n) is 3.33. The van der Waals surface area contributed by atoms with Crippen LogP contribution in [0.5, 0.6) is 0 Å². The Hall–Kier alpha value is -3.85. The molecule has 0 aliphatic heterocycles. The molecule has 160 valence electrons. The van der Waals surface area contributed by atoms with Crippen molar-refractivity contribution in [2.24, 2.45) is 7.05 Å². The number of aryl methyl sites for hydroxylation is 1. The molecule has 0 saturated carbocycles. The fourth-order valence-corrected chi connectivity index (χ4v) is 3.33. The van der Waals surface area contributed by atoms with Gasteiger partial charge in [-0.3, -0.25) is 10.1 Å². The van der Waals surface area contributed by atoms with Gasteiger partial charge in [0.25, 0.3) is 5.69 Å². The SMILES string of the molecule is Cn1c2ccccc2c2nc(-c3ccc([N+](=O)[O-])cc3)c(C(=O)OC(C)(C)C)nc21.O. The Morgan fingerprint density at radius 3 is 2.32 bits per heavy atom. The largest absolute Gasteiger partial charge is 0.455 e. The molecule has 2 aromatic carbocycles. The third-order valence-corrected chi connectivity index (χ3v) is 4.66. The second-order valence-electron chi connectivity index (χ2n) is 7.98. The van der Waals surface area contributed by atoms with E-state index in [1.165, 1.54) is 12.1 Å². The summed E-state index contributed by atoms with van der Waals surface area (Å²) in [6.45, 7) is 5.33.